The molecule has 7 nitrogen and oxygen atoms in total. The molecule has 8 heteroatoms. The third-order valence-electron chi connectivity index (χ3n) is 6.29. The number of hydrogen-bond acceptors (Lipinski definition) is 5. The highest BCUT2D eigenvalue weighted by molar-refractivity contribution is 7.10. The minimum atomic E-state index is -0.250. The number of fused-ring (bicyclic) bond motifs is 2. The van der Waals surface area contributed by atoms with Crippen LogP contribution in [0.25, 0.3) is 32.5 Å². The molecule has 1 atom stereocenters. The summed E-state index contributed by atoms with van der Waals surface area (Å²) in [6, 6.07) is 3.89. The fourth-order valence-electron chi connectivity index (χ4n) is 4.67. The van der Waals surface area contributed by atoms with Gasteiger partial charge in [0, 0.05) is 27.6 Å². The molecule has 2 aromatic heterocycles. The van der Waals surface area contributed by atoms with Crippen LogP contribution < -0.4 is 10.2 Å². The Labute approximate surface area is 182 Å². The van der Waals surface area contributed by atoms with Gasteiger partial charge in [-0.2, -0.15) is 0 Å². The Morgan fingerprint density at radius 1 is 1.29 bits per heavy atom. The number of carbonyl (C=O) groups is 1. The molecule has 0 N–H and O–H groups in total. The molecule has 31 heavy (non-hydrogen) atoms. The van der Waals surface area contributed by atoms with E-state index in [9.17, 15) is 9.59 Å². The lowest BCUT2D eigenvalue weighted by Crippen LogP contribution is -2.18. The molecule has 5 rings (SSSR count). The maximum Gasteiger partial charge on any atom is 0.200 e. The smallest absolute Gasteiger partial charge is 0.200 e. The predicted molar refractivity (Wildman–Crippen MR) is 121 cm³/mol. The van der Waals surface area contributed by atoms with Crippen molar-refractivity contribution in [1.82, 2.24) is 4.57 Å². The molecule has 1 fully saturated rings. The Morgan fingerprint density at radius 2 is 2.10 bits per heavy atom. The number of azide groups is 1. The van der Waals surface area contributed by atoms with Crippen molar-refractivity contribution in [2.45, 2.75) is 51.1 Å². The van der Waals surface area contributed by atoms with E-state index in [4.69, 9.17) is 10.3 Å². The van der Waals surface area contributed by atoms with Crippen LogP contribution in [0.15, 0.2) is 33.6 Å². The maximum absolute atomic E-state index is 13.0. The van der Waals surface area contributed by atoms with E-state index in [-0.39, 0.29) is 28.9 Å². The van der Waals surface area contributed by atoms with Gasteiger partial charge >= 0.3 is 0 Å². The summed E-state index contributed by atoms with van der Waals surface area (Å²) in [5.74, 6) is 0.434. The number of thiophene rings is 1. The Bertz CT molecular complexity index is 1330. The van der Waals surface area contributed by atoms with E-state index >= 15 is 0 Å². The van der Waals surface area contributed by atoms with E-state index in [0.29, 0.717) is 11.1 Å². The molecule has 2 heterocycles. The van der Waals surface area contributed by atoms with Gasteiger partial charge in [0.1, 0.15) is 0 Å². The molecule has 0 saturated heterocycles. The van der Waals surface area contributed by atoms with Crippen LogP contribution in [0, 0.1) is 0 Å². The normalized spacial score (nSPS) is 17.8. The van der Waals surface area contributed by atoms with Crippen LogP contribution in [0.2, 0.25) is 0 Å². The van der Waals surface area contributed by atoms with Crippen LogP contribution in [0.1, 0.15) is 65.5 Å². The predicted octanol–water partition coefficient (Wildman–Crippen LogP) is 5.96. The second-order valence-corrected chi connectivity index (χ2v) is 9.13. The van der Waals surface area contributed by atoms with Crippen LogP contribution in [0.4, 0.5) is 0 Å². The number of rotatable bonds is 5. The summed E-state index contributed by atoms with van der Waals surface area (Å²) in [6.45, 7) is 1.43. The third kappa shape index (κ3) is 3.14. The summed E-state index contributed by atoms with van der Waals surface area (Å²) in [5, 5.41) is 6.60. The van der Waals surface area contributed by atoms with Crippen molar-refractivity contribution < 1.29 is 9.53 Å². The van der Waals surface area contributed by atoms with Gasteiger partial charge in [0.25, 0.3) is 0 Å². The van der Waals surface area contributed by atoms with Crippen molar-refractivity contribution in [3.8, 4) is 16.9 Å². The summed E-state index contributed by atoms with van der Waals surface area (Å²) < 4.78 is 7.95. The van der Waals surface area contributed by atoms with Crippen molar-refractivity contribution in [1.29, 1.82) is 0 Å². The number of Topliss-reactive ketones (excluding diaryl/α,β-unsaturated/α-hetero) is 1. The Morgan fingerprint density at radius 3 is 2.77 bits per heavy atom. The molecule has 0 bridgehead atoms. The maximum atomic E-state index is 13.0. The Balaban J connectivity index is 1.78. The molecule has 0 radical (unpaired) electrons. The van der Waals surface area contributed by atoms with Gasteiger partial charge in [0.15, 0.2) is 17.0 Å². The van der Waals surface area contributed by atoms with E-state index in [1.807, 2.05) is 12.1 Å². The highest BCUT2D eigenvalue weighted by atomic mass is 32.1. The lowest BCUT2D eigenvalue weighted by atomic mass is 9.89. The number of aromatic nitrogens is 1. The van der Waals surface area contributed by atoms with E-state index < -0.39 is 0 Å². The first kappa shape index (κ1) is 19.8. The first-order valence-electron chi connectivity index (χ1n) is 10.5. The minimum Gasteiger partial charge on any atom is -0.494 e. The quantitative estimate of drug-likeness (QED) is 0.214. The van der Waals surface area contributed by atoms with E-state index in [2.05, 4.69) is 20.0 Å². The van der Waals surface area contributed by atoms with E-state index in [1.54, 1.807) is 24.6 Å². The average Bonchev–Trinajstić information content (AvgIpc) is 3.52. The summed E-state index contributed by atoms with van der Waals surface area (Å²) in [4.78, 5) is 29.3. The van der Waals surface area contributed by atoms with Crippen LogP contribution in [-0.4, -0.2) is 17.5 Å². The number of nitrogens with zero attached hydrogens (tertiary/aromatic N) is 4. The average molecular weight is 435 g/mol. The van der Waals surface area contributed by atoms with E-state index in [1.165, 1.54) is 12.5 Å². The van der Waals surface area contributed by atoms with Gasteiger partial charge in [0.05, 0.1) is 29.6 Å². The number of methoxy groups -OCH3 is 1. The van der Waals surface area contributed by atoms with E-state index in [0.717, 1.165) is 53.6 Å². The number of pyridine rings is 1. The zero-order valence-corrected chi connectivity index (χ0v) is 18.2. The molecule has 2 aliphatic carbocycles. The van der Waals surface area contributed by atoms with Crippen LogP contribution in [0.3, 0.4) is 0 Å². The van der Waals surface area contributed by atoms with Crippen molar-refractivity contribution in [3.05, 3.63) is 60.4 Å². The minimum absolute atomic E-state index is 0.123. The molecule has 1 saturated carbocycles. The molecule has 3 aromatic rings. The molecule has 2 aliphatic rings. The van der Waals surface area contributed by atoms with Crippen molar-refractivity contribution in [2.24, 2.45) is 5.11 Å². The Kier molecular flexibility index (Phi) is 4.84. The van der Waals surface area contributed by atoms with Gasteiger partial charge in [-0.1, -0.05) is 5.11 Å². The number of ketones is 1. The van der Waals surface area contributed by atoms with Crippen molar-refractivity contribution in [3.63, 3.8) is 0 Å². The fraction of sp³-hybridized carbons (Fsp3) is 0.391. The highest BCUT2D eigenvalue weighted by Gasteiger charge is 2.30. The summed E-state index contributed by atoms with van der Waals surface area (Å²) in [6.07, 6.45) is 6.49. The summed E-state index contributed by atoms with van der Waals surface area (Å²) in [5.41, 5.74) is 12.9. The highest BCUT2D eigenvalue weighted by Crippen LogP contribution is 2.47. The van der Waals surface area contributed by atoms with Crippen LogP contribution >= 0.6 is 11.3 Å². The van der Waals surface area contributed by atoms with Gasteiger partial charge in [-0.3, -0.25) is 9.59 Å². The number of benzene rings is 1. The SMILES string of the molecule is COc1c(-c2csc3c2CCCC3N=[N+]=[N-])ccc2c(=O)c(C(C)=O)cn(C3CC3)c12. The second-order valence-electron chi connectivity index (χ2n) is 8.21. The fourth-order valence-corrected chi connectivity index (χ4v) is 5.86. The largest absolute Gasteiger partial charge is 0.494 e. The summed E-state index contributed by atoms with van der Waals surface area (Å²) >= 11 is 1.62. The van der Waals surface area contributed by atoms with Gasteiger partial charge < -0.3 is 9.30 Å². The van der Waals surface area contributed by atoms with Crippen LogP contribution in [0.5, 0.6) is 5.75 Å². The molecule has 158 valence electrons. The topological polar surface area (TPSA) is 97.1 Å². The number of hydrogen-bond donors (Lipinski definition) is 0. The molecule has 1 unspecified atom stereocenters. The molecule has 1 aromatic carbocycles. The van der Waals surface area contributed by atoms with Crippen molar-refractivity contribution in [2.75, 3.05) is 7.11 Å². The molecule has 0 aliphatic heterocycles. The zero-order valence-electron chi connectivity index (χ0n) is 17.4. The Hall–Kier alpha value is -3.09. The van der Waals surface area contributed by atoms with Gasteiger partial charge in [-0.05, 0) is 73.2 Å². The third-order valence-corrected chi connectivity index (χ3v) is 7.41. The first-order valence-corrected chi connectivity index (χ1v) is 11.3. The second kappa shape index (κ2) is 7.55. The van der Waals surface area contributed by atoms with Gasteiger partial charge in [-0.25, -0.2) is 0 Å². The van der Waals surface area contributed by atoms with Gasteiger partial charge in [-0.15, -0.1) is 11.3 Å². The summed E-state index contributed by atoms with van der Waals surface area (Å²) in [7, 11) is 1.63. The van der Waals surface area contributed by atoms with Crippen LogP contribution in [-0.2, 0) is 6.42 Å². The standard InChI is InChI=1S/C23H22N4O3S/c1-12(28)17-10-27(13-6-7-13)20-16(21(17)29)9-8-14(22(20)30-2)18-11-31-23-15(18)4-3-5-19(23)25-26-24/h8-11,13,19H,3-7H2,1-2H3. The zero-order chi connectivity index (χ0) is 21.7. The molecule has 0 spiro atoms. The first-order chi connectivity index (χ1) is 15.0. The lowest BCUT2D eigenvalue weighted by molar-refractivity contribution is 0.101. The molecule has 0 amide bonds. The lowest BCUT2D eigenvalue weighted by Gasteiger charge is -2.21. The molecular formula is C23H22N4O3S. The van der Waals surface area contributed by atoms with Gasteiger partial charge in [0.2, 0.25) is 0 Å². The monoisotopic (exact) mass is 434 g/mol. The van der Waals surface area contributed by atoms with Crippen molar-refractivity contribution >= 4 is 28.0 Å². The molecular weight excluding hydrogens is 412 g/mol. The number of carbonyl (C=O) groups excluding carboxylic acids is 1. The number of ether oxygens (including phenoxy) is 1.